The van der Waals surface area contributed by atoms with Gasteiger partial charge in [0.1, 0.15) is 0 Å². The van der Waals surface area contributed by atoms with Crippen LogP contribution < -0.4 is 0 Å². The van der Waals surface area contributed by atoms with E-state index in [1.165, 1.54) is 23.5 Å². The minimum atomic E-state index is -3.65. The number of ether oxygens (including phenoxy) is 1. The van der Waals surface area contributed by atoms with Crippen molar-refractivity contribution < 1.29 is 17.9 Å². The smallest absolute Gasteiger partial charge is 0.307 e. The number of piperidine rings is 1. The van der Waals surface area contributed by atoms with Crippen LogP contribution in [0.5, 0.6) is 0 Å². The van der Waals surface area contributed by atoms with Crippen molar-refractivity contribution in [2.24, 2.45) is 0 Å². The lowest BCUT2D eigenvalue weighted by Crippen LogP contribution is -2.44. The van der Waals surface area contributed by atoms with Crippen molar-refractivity contribution >= 4 is 27.6 Å². The fourth-order valence-electron chi connectivity index (χ4n) is 2.53. The van der Waals surface area contributed by atoms with Gasteiger partial charge in [0.15, 0.2) is 0 Å². The Morgan fingerprint density at radius 3 is 2.86 bits per heavy atom. The van der Waals surface area contributed by atoms with Crippen LogP contribution in [-0.4, -0.2) is 38.4 Å². The number of sulfonamides is 1. The number of carbonyl (C=O) groups excluding carboxylic acids is 1. The lowest BCUT2D eigenvalue weighted by Gasteiger charge is -2.34. The maximum absolute atomic E-state index is 12.7. The summed E-state index contributed by atoms with van der Waals surface area (Å²) in [6.07, 6.45) is 2.44. The molecule has 5 nitrogen and oxygen atoms in total. The Hall–Kier alpha value is -1.11. The minimum Gasteiger partial charge on any atom is -0.469 e. The van der Waals surface area contributed by atoms with Crippen LogP contribution in [0.2, 0.25) is 5.02 Å². The van der Waals surface area contributed by atoms with E-state index in [0.717, 1.165) is 12.8 Å². The molecule has 1 atom stereocenters. The number of rotatable bonds is 4. The van der Waals surface area contributed by atoms with Crippen molar-refractivity contribution in [3.8, 4) is 0 Å². The van der Waals surface area contributed by atoms with Crippen LogP contribution >= 0.6 is 11.6 Å². The van der Waals surface area contributed by atoms with Crippen molar-refractivity contribution in [3.63, 3.8) is 0 Å². The van der Waals surface area contributed by atoms with Crippen LogP contribution in [0.3, 0.4) is 0 Å². The third-order valence-corrected chi connectivity index (χ3v) is 5.79. The lowest BCUT2D eigenvalue weighted by atomic mass is 10.0. The summed E-state index contributed by atoms with van der Waals surface area (Å²) in [6, 6.07) is 5.83. The van der Waals surface area contributed by atoms with Gasteiger partial charge in [-0.25, -0.2) is 8.42 Å². The second kappa shape index (κ2) is 6.77. The zero-order valence-corrected chi connectivity index (χ0v) is 13.4. The summed E-state index contributed by atoms with van der Waals surface area (Å²) in [5.41, 5.74) is 0. The molecule has 0 saturated carbocycles. The van der Waals surface area contributed by atoms with E-state index < -0.39 is 16.0 Å². The first-order chi connectivity index (χ1) is 9.95. The van der Waals surface area contributed by atoms with Crippen LogP contribution in [0, 0.1) is 0 Å². The molecule has 0 radical (unpaired) electrons. The molecule has 1 aromatic rings. The monoisotopic (exact) mass is 331 g/mol. The van der Waals surface area contributed by atoms with E-state index in [1.807, 2.05) is 0 Å². The molecular formula is C14H18ClNO4S. The van der Waals surface area contributed by atoms with Crippen LogP contribution in [0.15, 0.2) is 29.2 Å². The molecule has 1 heterocycles. The van der Waals surface area contributed by atoms with Gasteiger partial charge in [-0.3, -0.25) is 4.79 Å². The van der Waals surface area contributed by atoms with Crippen LogP contribution in [-0.2, 0) is 19.6 Å². The Morgan fingerprint density at radius 2 is 2.19 bits per heavy atom. The van der Waals surface area contributed by atoms with E-state index in [0.29, 0.717) is 18.0 Å². The summed E-state index contributed by atoms with van der Waals surface area (Å²) in [7, 11) is -2.34. The first-order valence-corrected chi connectivity index (χ1v) is 8.61. The number of carbonyl (C=O) groups is 1. The third kappa shape index (κ3) is 3.75. The highest BCUT2D eigenvalue weighted by molar-refractivity contribution is 7.89. The second-order valence-electron chi connectivity index (χ2n) is 5.00. The molecule has 1 saturated heterocycles. The maximum atomic E-state index is 12.7. The molecule has 2 rings (SSSR count). The standard InChI is InChI=1S/C14H18ClNO4S/c1-20-14(17)10-12-6-2-3-8-16(12)21(18,19)13-7-4-5-11(15)9-13/h4-5,7,9,12H,2-3,6,8,10H2,1H3. The zero-order chi connectivity index (χ0) is 15.5. The molecule has 1 aliphatic rings. The van der Waals surface area contributed by atoms with Crippen molar-refractivity contribution in [1.29, 1.82) is 0 Å². The van der Waals surface area contributed by atoms with Gasteiger partial charge in [-0.1, -0.05) is 24.1 Å². The molecule has 0 bridgehead atoms. The quantitative estimate of drug-likeness (QED) is 0.795. The van der Waals surface area contributed by atoms with Gasteiger partial charge in [0.25, 0.3) is 0 Å². The van der Waals surface area contributed by atoms with Gasteiger partial charge >= 0.3 is 5.97 Å². The molecule has 1 aliphatic heterocycles. The van der Waals surface area contributed by atoms with Gasteiger partial charge in [0.05, 0.1) is 18.4 Å². The van der Waals surface area contributed by atoms with Gasteiger partial charge in [-0.2, -0.15) is 4.31 Å². The van der Waals surface area contributed by atoms with Crippen molar-refractivity contribution in [1.82, 2.24) is 4.31 Å². The van der Waals surface area contributed by atoms with Crippen LogP contribution in [0.25, 0.3) is 0 Å². The lowest BCUT2D eigenvalue weighted by molar-refractivity contribution is -0.141. The minimum absolute atomic E-state index is 0.0797. The fourth-order valence-corrected chi connectivity index (χ4v) is 4.53. The summed E-state index contributed by atoms with van der Waals surface area (Å²) in [6.45, 7) is 0.413. The summed E-state index contributed by atoms with van der Waals surface area (Å²) in [5, 5.41) is 0.373. The Labute approximate surface area is 129 Å². The predicted molar refractivity (Wildman–Crippen MR) is 79.6 cm³/mol. The predicted octanol–water partition coefficient (Wildman–Crippen LogP) is 2.45. The number of methoxy groups -OCH3 is 1. The SMILES string of the molecule is COC(=O)CC1CCCCN1S(=O)(=O)c1cccc(Cl)c1. The maximum Gasteiger partial charge on any atom is 0.307 e. The summed E-state index contributed by atoms with van der Waals surface area (Å²) in [4.78, 5) is 11.6. The van der Waals surface area contributed by atoms with Gasteiger partial charge in [0, 0.05) is 17.6 Å². The first-order valence-electron chi connectivity index (χ1n) is 6.79. The Morgan fingerprint density at radius 1 is 1.43 bits per heavy atom. The number of benzene rings is 1. The van der Waals surface area contributed by atoms with Crippen molar-refractivity contribution in [3.05, 3.63) is 29.3 Å². The molecule has 0 aromatic heterocycles. The molecule has 1 aromatic carbocycles. The van der Waals surface area contributed by atoms with E-state index in [4.69, 9.17) is 11.6 Å². The highest BCUT2D eigenvalue weighted by atomic mass is 35.5. The highest BCUT2D eigenvalue weighted by Crippen LogP contribution is 2.28. The largest absolute Gasteiger partial charge is 0.469 e. The zero-order valence-electron chi connectivity index (χ0n) is 11.8. The Kier molecular flexibility index (Phi) is 5.24. The van der Waals surface area contributed by atoms with E-state index in [2.05, 4.69) is 4.74 Å². The normalized spacial score (nSPS) is 20.2. The number of hydrogen-bond acceptors (Lipinski definition) is 4. The van der Waals surface area contributed by atoms with Crippen molar-refractivity contribution in [2.75, 3.05) is 13.7 Å². The first kappa shape index (κ1) is 16.3. The molecule has 1 fully saturated rings. The van der Waals surface area contributed by atoms with Gasteiger partial charge in [-0.05, 0) is 31.0 Å². The molecule has 21 heavy (non-hydrogen) atoms. The Balaban J connectivity index is 2.29. The number of halogens is 1. The molecule has 0 N–H and O–H groups in total. The summed E-state index contributed by atoms with van der Waals surface area (Å²) < 4.78 is 31.5. The molecule has 0 aliphatic carbocycles. The Bertz CT molecular complexity index is 617. The summed E-state index contributed by atoms with van der Waals surface area (Å²) in [5.74, 6) is -0.395. The molecule has 7 heteroatoms. The van der Waals surface area contributed by atoms with E-state index >= 15 is 0 Å². The average molecular weight is 332 g/mol. The summed E-state index contributed by atoms with van der Waals surface area (Å²) >= 11 is 5.88. The fraction of sp³-hybridized carbons (Fsp3) is 0.500. The van der Waals surface area contributed by atoms with Gasteiger partial charge in [-0.15, -0.1) is 0 Å². The van der Waals surface area contributed by atoms with Crippen LogP contribution in [0.4, 0.5) is 0 Å². The van der Waals surface area contributed by atoms with Gasteiger partial charge < -0.3 is 4.74 Å². The van der Waals surface area contributed by atoms with E-state index in [-0.39, 0.29) is 17.4 Å². The number of nitrogens with zero attached hydrogens (tertiary/aromatic N) is 1. The molecule has 0 amide bonds. The molecule has 116 valence electrons. The average Bonchev–Trinajstić information content (AvgIpc) is 2.47. The molecule has 1 unspecified atom stereocenters. The van der Waals surface area contributed by atoms with Gasteiger partial charge in [0.2, 0.25) is 10.0 Å². The van der Waals surface area contributed by atoms with Crippen molar-refractivity contribution in [2.45, 2.75) is 36.6 Å². The topological polar surface area (TPSA) is 63.7 Å². The highest BCUT2D eigenvalue weighted by Gasteiger charge is 2.34. The van der Waals surface area contributed by atoms with E-state index in [1.54, 1.807) is 12.1 Å². The second-order valence-corrected chi connectivity index (χ2v) is 7.33. The van der Waals surface area contributed by atoms with Crippen LogP contribution in [0.1, 0.15) is 25.7 Å². The molecule has 0 spiro atoms. The van der Waals surface area contributed by atoms with E-state index in [9.17, 15) is 13.2 Å². The number of esters is 1. The molecular weight excluding hydrogens is 314 g/mol. The number of hydrogen-bond donors (Lipinski definition) is 0. The third-order valence-electron chi connectivity index (χ3n) is 3.61.